The number of carbonyl (C=O) groups is 1. The standard InChI is InChI=1S/C22H17F4N7O/c1-12-29-30-31-32(12)19-10-15(7-8-18(19)23)28-21(34)17-11-27-33(20(17)13-5-6-13)16-4-2-3-14(9-16)22(24,25)26/h2-4,7-11,13H,5-6H2,1H3,(H,28,34). The molecule has 174 valence electrons. The number of carbonyl (C=O) groups excluding carboxylic acids is 1. The topological polar surface area (TPSA) is 90.5 Å². The van der Waals surface area contributed by atoms with Gasteiger partial charge in [-0.1, -0.05) is 6.07 Å². The molecular weight excluding hydrogens is 454 g/mol. The van der Waals surface area contributed by atoms with Gasteiger partial charge in [-0.15, -0.1) is 5.10 Å². The minimum Gasteiger partial charge on any atom is -0.322 e. The van der Waals surface area contributed by atoms with E-state index in [-0.39, 0.29) is 22.9 Å². The number of hydrogen-bond acceptors (Lipinski definition) is 5. The molecule has 12 heteroatoms. The first-order chi connectivity index (χ1) is 16.2. The Hall–Kier alpha value is -4.09. The molecule has 2 aromatic carbocycles. The van der Waals surface area contributed by atoms with Gasteiger partial charge in [0.1, 0.15) is 11.5 Å². The summed E-state index contributed by atoms with van der Waals surface area (Å²) in [6, 6.07) is 8.76. The molecule has 1 aliphatic rings. The first kappa shape index (κ1) is 21.7. The smallest absolute Gasteiger partial charge is 0.322 e. The highest BCUT2D eigenvalue weighted by Crippen LogP contribution is 2.43. The van der Waals surface area contributed by atoms with E-state index in [1.54, 1.807) is 6.92 Å². The second-order valence-electron chi connectivity index (χ2n) is 7.94. The number of amides is 1. The number of benzene rings is 2. The molecule has 0 radical (unpaired) electrons. The van der Waals surface area contributed by atoms with E-state index in [1.165, 1.54) is 45.9 Å². The highest BCUT2D eigenvalue weighted by molar-refractivity contribution is 6.05. The summed E-state index contributed by atoms with van der Waals surface area (Å²) < 4.78 is 56.5. The van der Waals surface area contributed by atoms with Gasteiger partial charge in [0.25, 0.3) is 5.91 Å². The third kappa shape index (κ3) is 4.02. The van der Waals surface area contributed by atoms with Crippen molar-refractivity contribution in [3.8, 4) is 11.4 Å². The number of alkyl halides is 3. The number of hydrogen-bond donors (Lipinski definition) is 1. The summed E-state index contributed by atoms with van der Waals surface area (Å²) in [5.74, 6) is -0.721. The fourth-order valence-corrected chi connectivity index (χ4v) is 3.71. The van der Waals surface area contributed by atoms with Crippen molar-refractivity contribution < 1.29 is 22.4 Å². The fraction of sp³-hybridized carbons (Fsp3) is 0.227. The zero-order chi connectivity index (χ0) is 24.0. The predicted octanol–water partition coefficient (Wildman–Crippen LogP) is 4.44. The second-order valence-corrected chi connectivity index (χ2v) is 7.94. The molecule has 5 rings (SSSR count). The van der Waals surface area contributed by atoms with E-state index in [0.29, 0.717) is 17.2 Å². The van der Waals surface area contributed by atoms with E-state index >= 15 is 0 Å². The van der Waals surface area contributed by atoms with Crippen LogP contribution < -0.4 is 5.32 Å². The Morgan fingerprint density at radius 1 is 1.12 bits per heavy atom. The zero-order valence-corrected chi connectivity index (χ0v) is 17.7. The van der Waals surface area contributed by atoms with E-state index in [0.717, 1.165) is 25.0 Å². The molecule has 1 saturated carbocycles. The summed E-state index contributed by atoms with van der Waals surface area (Å²) in [6.07, 6.45) is -1.57. The van der Waals surface area contributed by atoms with Crippen molar-refractivity contribution in [2.45, 2.75) is 31.9 Å². The van der Waals surface area contributed by atoms with E-state index < -0.39 is 23.5 Å². The molecule has 0 saturated heterocycles. The predicted molar refractivity (Wildman–Crippen MR) is 112 cm³/mol. The lowest BCUT2D eigenvalue weighted by Gasteiger charge is -2.12. The molecule has 4 aromatic rings. The van der Waals surface area contributed by atoms with E-state index in [9.17, 15) is 22.4 Å². The molecule has 1 fully saturated rings. The Morgan fingerprint density at radius 2 is 1.91 bits per heavy atom. The average molecular weight is 471 g/mol. The lowest BCUT2D eigenvalue weighted by atomic mass is 10.1. The number of nitrogens with one attached hydrogen (secondary N) is 1. The van der Waals surface area contributed by atoms with Gasteiger partial charge in [-0.2, -0.15) is 23.0 Å². The first-order valence-corrected chi connectivity index (χ1v) is 10.3. The van der Waals surface area contributed by atoms with Crippen LogP contribution in [0, 0.1) is 12.7 Å². The van der Waals surface area contributed by atoms with Crippen LogP contribution in [0.15, 0.2) is 48.7 Å². The summed E-state index contributed by atoms with van der Waals surface area (Å²) in [6.45, 7) is 1.61. The molecule has 2 heterocycles. The highest BCUT2D eigenvalue weighted by atomic mass is 19.4. The number of aromatic nitrogens is 6. The Balaban J connectivity index is 1.47. The molecule has 8 nitrogen and oxygen atoms in total. The maximum atomic E-state index is 14.3. The van der Waals surface area contributed by atoms with Crippen molar-refractivity contribution in [1.82, 2.24) is 30.0 Å². The van der Waals surface area contributed by atoms with Gasteiger partial charge in [0.05, 0.1) is 28.7 Å². The van der Waals surface area contributed by atoms with Crippen LogP contribution in [-0.2, 0) is 6.18 Å². The number of aryl methyl sites for hydroxylation is 1. The highest BCUT2D eigenvalue weighted by Gasteiger charge is 2.34. The molecule has 2 aromatic heterocycles. The molecule has 1 N–H and O–H groups in total. The Labute approximate surface area is 190 Å². The van der Waals surface area contributed by atoms with Crippen LogP contribution in [-0.4, -0.2) is 35.9 Å². The summed E-state index contributed by atoms with van der Waals surface area (Å²) >= 11 is 0. The lowest BCUT2D eigenvalue weighted by Crippen LogP contribution is -2.15. The van der Waals surface area contributed by atoms with Gasteiger partial charge in [0.2, 0.25) is 0 Å². The minimum absolute atomic E-state index is 0.00504. The van der Waals surface area contributed by atoms with Crippen molar-refractivity contribution in [3.05, 3.63) is 77.1 Å². The van der Waals surface area contributed by atoms with Crippen LogP contribution in [0.3, 0.4) is 0 Å². The Morgan fingerprint density at radius 3 is 2.59 bits per heavy atom. The molecule has 0 aliphatic heterocycles. The summed E-state index contributed by atoms with van der Waals surface area (Å²) in [5.41, 5.74) is 0.547. The van der Waals surface area contributed by atoms with Crippen molar-refractivity contribution in [3.63, 3.8) is 0 Å². The average Bonchev–Trinajstić information content (AvgIpc) is 3.39. The number of nitrogens with zero attached hydrogens (tertiary/aromatic N) is 6. The maximum Gasteiger partial charge on any atom is 0.416 e. The van der Waals surface area contributed by atoms with Crippen molar-refractivity contribution in [2.75, 3.05) is 5.32 Å². The number of anilines is 1. The number of rotatable bonds is 5. The Bertz CT molecular complexity index is 1390. The molecule has 0 atom stereocenters. The van der Waals surface area contributed by atoms with Crippen LogP contribution in [0.25, 0.3) is 11.4 Å². The van der Waals surface area contributed by atoms with Gasteiger partial charge in [0, 0.05) is 11.6 Å². The SMILES string of the molecule is Cc1nnnn1-c1cc(NC(=O)c2cnn(-c3cccc(C(F)(F)F)c3)c2C2CC2)ccc1F. The summed E-state index contributed by atoms with van der Waals surface area (Å²) in [7, 11) is 0. The summed E-state index contributed by atoms with van der Waals surface area (Å²) in [5, 5.41) is 17.9. The van der Waals surface area contributed by atoms with Crippen LogP contribution in [0.2, 0.25) is 0 Å². The number of tetrazole rings is 1. The van der Waals surface area contributed by atoms with Crippen LogP contribution >= 0.6 is 0 Å². The van der Waals surface area contributed by atoms with Gasteiger partial charge < -0.3 is 5.32 Å². The van der Waals surface area contributed by atoms with Gasteiger partial charge in [-0.3, -0.25) is 4.79 Å². The van der Waals surface area contributed by atoms with Gasteiger partial charge in [-0.25, -0.2) is 9.07 Å². The normalized spacial score (nSPS) is 13.8. The number of halogens is 4. The quantitative estimate of drug-likeness (QED) is 0.435. The molecule has 0 spiro atoms. The van der Waals surface area contributed by atoms with Crippen LogP contribution in [0.4, 0.5) is 23.2 Å². The van der Waals surface area contributed by atoms with Crippen molar-refractivity contribution >= 4 is 11.6 Å². The zero-order valence-electron chi connectivity index (χ0n) is 17.7. The second kappa shape index (κ2) is 8.04. The molecule has 0 unspecified atom stereocenters. The third-order valence-electron chi connectivity index (χ3n) is 5.49. The fourth-order valence-electron chi connectivity index (χ4n) is 3.71. The monoisotopic (exact) mass is 471 g/mol. The van der Waals surface area contributed by atoms with Crippen molar-refractivity contribution in [1.29, 1.82) is 0 Å². The summed E-state index contributed by atoms with van der Waals surface area (Å²) in [4.78, 5) is 13.1. The van der Waals surface area contributed by atoms with Gasteiger partial charge in [-0.05, 0) is 66.6 Å². The van der Waals surface area contributed by atoms with Crippen LogP contribution in [0.5, 0.6) is 0 Å². The van der Waals surface area contributed by atoms with Gasteiger partial charge in [0.15, 0.2) is 5.82 Å². The minimum atomic E-state index is -4.50. The molecule has 34 heavy (non-hydrogen) atoms. The molecule has 0 bridgehead atoms. The largest absolute Gasteiger partial charge is 0.416 e. The van der Waals surface area contributed by atoms with E-state index in [4.69, 9.17) is 0 Å². The molecular formula is C22H17F4N7O. The first-order valence-electron chi connectivity index (χ1n) is 10.3. The third-order valence-corrected chi connectivity index (χ3v) is 5.49. The van der Waals surface area contributed by atoms with Crippen LogP contribution in [0.1, 0.15) is 46.2 Å². The molecule has 1 aliphatic carbocycles. The van der Waals surface area contributed by atoms with Gasteiger partial charge >= 0.3 is 6.18 Å². The maximum absolute atomic E-state index is 14.3. The lowest BCUT2D eigenvalue weighted by molar-refractivity contribution is -0.137. The Kier molecular flexibility index (Phi) is 5.14. The van der Waals surface area contributed by atoms with E-state index in [2.05, 4.69) is 25.9 Å². The van der Waals surface area contributed by atoms with E-state index in [1.807, 2.05) is 0 Å². The van der Waals surface area contributed by atoms with Crippen molar-refractivity contribution in [2.24, 2.45) is 0 Å². The molecule has 1 amide bonds.